The van der Waals surface area contributed by atoms with Crippen LogP contribution in [0.4, 0.5) is 0 Å². The molecule has 0 aromatic rings. The Kier molecular flexibility index (Phi) is 33.5. The molecule has 0 amide bonds. The van der Waals surface area contributed by atoms with Gasteiger partial charge in [0.1, 0.15) is 30.5 Å². The van der Waals surface area contributed by atoms with Crippen LogP contribution in [0.25, 0.3) is 0 Å². The summed E-state index contributed by atoms with van der Waals surface area (Å²) in [4.78, 5) is 12.7. The predicted octanol–water partition coefficient (Wildman–Crippen LogP) is 9.25. The van der Waals surface area contributed by atoms with Gasteiger partial charge < -0.3 is 39.4 Å². The Bertz CT molecular complexity index is 807. The molecule has 9 heteroatoms. The zero-order valence-corrected chi connectivity index (χ0v) is 33.6. The Balaban J connectivity index is 2.28. The van der Waals surface area contributed by atoms with Crippen LogP contribution in [0.3, 0.4) is 0 Å². The van der Waals surface area contributed by atoms with E-state index in [0.717, 1.165) is 32.1 Å². The van der Waals surface area contributed by atoms with Gasteiger partial charge in [-0.05, 0) is 38.5 Å². The summed E-state index contributed by atoms with van der Waals surface area (Å²) in [5, 5.41) is 40.0. The number of aliphatic hydroxyl groups is 4. The van der Waals surface area contributed by atoms with Crippen LogP contribution in [0, 0.1) is 0 Å². The number of aliphatic hydroxyl groups excluding tert-OH is 4. The van der Waals surface area contributed by atoms with Crippen LogP contribution < -0.4 is 0 Å². The van der Waals surface area contributed by atoms with Crippen LogP contribution in [0.15, 0.2) is 12.2 Å². The molecular formula is C43H82O9. The molecule has 6 unspecified atom stereocenters. The van der Waals surface area contributed by atoms with E-state index in [4.69, 9.17) is 18.9 Å². The minimum Gasteiger partial charge on any atom is -0.457 e. The van der Waals surface area contributed by atoms with Crippen molar-refractivity contribution >= 4 is 5.97 Å². The van der Waals surface area contributed by atoms with Crippen molar-refractivity contribution in [2.24, 2.45) is 0 Å². The van der Waals surface area contributed by atoms with Crippen molar-refractivity contribution in [1.29, 1.82) is 0 Å². The minimum atomic E-state index is -1.53. The van der Waals surface area contributed by atoms with E-state index < -0.39 is 43.4 Å². The van der Waals surface area contributed by atoms with Crippen LogP contribution >= 0.6 is 0 Å². The first-order chi connectivity index (χ1) is 25.4. The molecule has 4 N–H and O–H groups in total. The largest absolute Gasteiger partial charge is 0.457 e. The van der Waals surface area contributed by atoms with Gasteiger partial charge in [0, 0.05) is 13.0 Å². The summed E-state index contributed by atoms with van der Waals surface area (Å²) in [6, 6.07) is 0. The maximum Gasteiger partial charge on any atom is 0.306 e. The Morgan fingerprint density at radius 1 is 0.596 bits per heavy atom. The minimum absolute atomic E-state index is 0.111. The van der Waals surface area contributed by atoms with Crippen molar-refractivity contribution in [2.45, 2.75) is 230 Å². The van der Waals surface area contributed by atoms with Crippen LogP contribution in [-0.4, -0.2) is 89.6 Å². The topological polar surface area (TPSA) is 135 Å². The van der Waals surface area contributed by atoms with E-state index in [0.29, 0.717) is 13.0 Å². The smallest absolute Gasteiger partial charge is 0.306 e. The third kappa shape index (κ3) is 26.7. The molecule has 0 bridgehead atoms. The molecule has 0 radical (unpaired) electrons. The van der Waals surface area contributed by atoms with Gasteiger partial charge >= 0.3 is 5.97 Å². The SMILES string of the molecule is CCCCCCC/C=C\CCCCCCCCOCC(COC1OC(CO)C(O)C(O)C1O)OC(=O)CCCCCCCCCCCCCCCC. The van der Waals surface area contributed by atoms with Crippen molar-refractivity contribution in [3.05, 3.63) is 12.2 Å². The molecule has 1 aliphatic rings. The molecule has 9 nitrogen and oxygen atoms in total. The summed E-state index contributed by atoms with van der Waals surface area (Å²) in [5.41, 5.74) is 0. The number of carbonyl (C=O) groups is 1. The molecule has 1 saturated heterocycles. The van der Waals surface area contributed by atoms with Gasteiger partial charge in [0.2, 0.25) is 0 Å². The van der Waals surface area contributed by atoms with E-state index in [1.54, 1.807) is 0 Å². The monoisotopic (exact) mass is 743 g/mol. The number of esters is 1. The molecule has 0 saturated carbocycles. The molecule has 0 aromatic heterocycles. The van der Waals surface area contributed by atoms with Gasteiger partial charge in [0.15, 0.2) is 6.29 Å². The number of allylic oxidation sites excluding steroid dienone is 2. The summed E-state index contributed by atoms with van der Waals surface area (Å²) >= 11 is 0. The average molecular weight is 743 g/mol. The van der Waals surface area contributed by atoms with Crippen molar-refractivity contribution in [2.75, 3.05) is 26.4 Å². The number of unbranched alkanes of at least 4 members (excludes halogenated alkanes) is 24. The first-order valence-electron chi connectivity index (χ1n) is 21.8. The number of hydrogen-bond acceptors (Lipinski definition) is 9. The molecular weight excluding hydrogens is 660 g/mol. The fourth-order valence-electron chi connectivity index (χ4n) is 6.72. The van der Waals surface area contributed by atoms with E-state index in [1.807, 2.05) is 0 Å². The molecule has 0 aromatic carbocycles. The third-order valence-corrected chi connectivity index (χ3v) is 10.2. The fourth-order valence-corrected chi connectivity index (χ4v) is 6.72. The van der Waals surface area contributed by atoms with Crippen LogP contribution in [0.5, 0.6) is 0 Å². The Morgan fingerprint density at radius 2 is 1.06 bits per heavy atom. The summed E-state index contributed by atoms with van der Waals surface area (Å²) in [6.07, 6.45) is 30.9. The molecule has 6 atom stereocenters. The molecule has 0 spiro atoms. The van der Waals surface area contributed by atoms with E-state index in [2.05, 4.69) is 26.0 Å². The summed E-state index contributed by atoms with van der Waals surface area (Å²) in [5.74, 6) is -0.313. The Morgan fingerprint density at radius 3 is 1.56 bits per heavy atom. The van der Waals surface area contributed by atoms with Gasteiger partial charge in [0.25, 0.3) is 0 Å². The van der Waals surface area contributed by atoms with Crippen molar-refractivity contribution < 1.29 is 44.2 Å². The molecule has 308 valence electrons. The number of rotatable bonds is 37. The summed E-state index contributed by atoms with van der Waals surface area (Å²) in [6.45, 7) is 4.56. The molecule has 52 heavy (non-hydrogen) atoms. The van der Waals surface area contributed by atoms with Crippen LogP contribution in [0.1, 0.15) is 194 Å². The average Bonchev–Trinajstić information content (AvgIpc) is 3.14. The lowest BCUT2D eigenvalue weighted by Crippen LogP contribution is -2.59. The lowest BCUT2D eigenvalue weighted by atomic mass is 9.99. The fraction of sp³-hybridized carbons (Fsp3) is 0.930. The Labute approximate surface area is 318 Å². The lowest BCUT2D eigenvalue weighted by Gasteiger charge is -2.39. The maximum absolute atomic E-state index is 12.7. The normalized spacial score (nSPS) is 21.2. The van der Waals surface area contributed by atoms with Crippen LogP contribution in [-0.2, 0) is 23.7 Å². The standard InChI is InChI=1S/C43H82O9/c1-3-5-7-9-11-13-15-17-19-21-23-25-27-29-31-33-49-35-37(36-50-43-42(48)41(47)40(46)38(34-44)52-43)51-39(45)32-30-28-26-24-22-20-18-16-14-12-10-8-6-4-2/h15,17,37-38,40-44,46-48H,3-14,16,18-36H2,1-2H3/b17-15-. The first kappa shape index (κ1) is 48.9. The van der Waals surface area contributed by atoms with Crippen molar-refractivity contribution in [1.82, 2.24) is 0 Å². The molecule has 0 aliphatic carbocycles. The van der Waals surface area contributed by atoms with E-state index >= 15 is 0 Å². The molecule has 1 fully saturated rings. The summed E-state index contributed by atoms with van der Waals surface area (Å²) in [7, 11) is 0. The van der Waals surface area contributed by atoms with Crippen LogP contribution in [0.2, 0.25) is 0 Å². The van der Waals surface area contributed by atoms with Gasteiger partial charge in [-0.2, -0.15) is 0 Å². The predicted molar refractivity (Wildman–Crippen MR) is 210 cm³/mol. The highest BCUT2D eigenvalue weighted by Crippen LogP contribution is 2.22. The second-order valence-corrected chi connectivity index (χ2v) is 15.1. The van der Waals surface area contributed by atoms with Gasteiger partial charge in [-0.3, -0.25) is 4.79 Å². The number of hydrogen-bond donors (Lipinski definition) is 4. The first-order valence-corrected chi connectivity index (χ1v) is 21.8. The molecule has 1 heterocycles. The van der Waals surface area contributed by atoms with Gasteiger partial charge in [-0.25, -0.2) is 0 Å². The third-order valence-electron chi connectivity index (χ3n) is 10.2. The summed E-state index contributed by atoms with van der Waals surface area (Å²) < 4.78 is 22.8. The van der Waals surface area contributed by atoms with Gasteiger partial charge in [-0.1, -0.05) is 161 Å². The lowest BCUT2D eigenvalue weighted by molar-refractivity contribution is -0.305. The number of ether oxygens (including phenoxy) is 4. The molecule has 1 aliphatic heterocycles. The second kappa shape index (κ2) is 35.6. The number of carbonyl (C=O) groups excluding carboxylic acids is 1. The highest BCUT2D eigenvalue weighted by Gasteiger charge is 2.44. The highest BCUT2D eigenvalue weighted by molar-refractivity contribution is 5.69. The van der Waals surface area contributed by atoms with Crippen molar-refractivity contribution in [3.63, 3.8) is 0 Å². The van der Waals surface area contributed by atoms with E-state index in [1.165, 1.54) is 141 Å². The van der Waals surface area contributed by atoms with Gasteiger partial charge in [0.05, 0.1) is 19.8 Å². The van der Waals surface area contributed by atoms with E-state index in [-0.39, 0.29) is 19.2 Å². The second-order valence-electron chi connectivity index (χ2n) is 15.1. The zero-order chi connectivity index (χ0) is 37.9. The van der Waals surface area contributed by atoms with Crippen molar-refractivity contribution in [3.8, 4) is 0 Å². The quantitative estimate of drug-likeness (QED) is 0.0279. The van der Waals surface area contributed by atoms with E-state index in [9.17, 15) is 25.2 Å². The van der Waals surface area contributed by atoms with Gasteiger partial charge in [-0.15, -0.1) is 0 Å². The Hall–Kier alpha value is -1.07. The zero-order valence-electron chi connectivity index (χ0n) is 33.6. The molecule has 1 rings (SSSR count). The highest BCUT2D eigenvalue weighted by atomic mass is 16.7. The maximum atomic E-state index is 12.7.